The van der Waals surface area contributed by atoms with Gasteiger partial charge in [0, 0.05) is 5.16 Å². The van der Waals surface area contributed by atoms with Gasteiger partial charge in [0.15, 0.2) is 0 Å². The Balaban J connectivity index is 2.73. The fourth-order valence-electron chi connectivity index (χ4n) is 0.983. The van der Waals surface area contributed by atoms with E-state index >= 15 is 0 Å². The molecule has 0 heterocycles. The molecule has 0 N–H and O–H groups in total. The standard InChI is InChI=1S/C10H6N2O4/c13-6-11-5-8-1-3-9(4-2-8)10(15)16-12-7-14/h1-4H,5H2. The topological polar surface area (TPSA) is 85.2 Å². The van der Waals surface area contributed by atoms with E-state index in [1.165, 1.54) is 18.2 Å². The molecule has 0 saturated heterocycles. The van der Waals surface area contributed by atoms with Crippen LogP contribution in [0.5, 0.6) is 0 Å². The van der Waals surface area contributed by atoms with Crippen molar-refractivity contribution in [3.05, 3.63) is 35.4 Å². The summed E-state index contributed by atoms with van der Waals surface area (Å²) >= 11 is 0. The quantitative estimate of drug-likeness (QED) is 0.325. The fourth-order valence-corrected chi connectivity index (χ4v) is 0.983. The second-order valence-corrected chi connectivity index (χ2v) is 2.67. The van der Waals surface area contributed by atoms with Crippen molar-refractivity contribution in [1.29, 1.82) is 0 Å². The molecule has 0 aliphatic rings. The highest BCUT2D eigenvalue weighted by Gasteiger charge is 2.06. The Bertz CT molecular complexity index is 468. The molecule has 80 valence electrons. The zero-order valence-electron chi connectivity index (χ0n) is 8.04. The molecule has 0 aliphatic heterocycles. The van der Waals surface area contributed by atoms with E-state index in [1.54, 1.807) is 12.1 Å². The predicted molar refractivity (Wildman–Crippen MR) is 51.8 cm³/mol. The van der Waals surface area contributed by atoms with Crippen molar-refractivity contribution in [3.63, 3.8) is 0 Å². The molecule has 0 atom stereocenters. The zero-order chi connectivity index (χ0) is 11.8. The van der Waals surface area contributed by atoms with E-state index in [0.717, 1.165) is 11.6 Å². The van der Waals surface area contributed by atoms with Crippen LogP contribution in [0.15, 0.2) is 34.4 Å². The summed E-state index contributed by atoms with van der Waals surface area (Å²) in [5.74, 6) is -0.756. The Hall–Kier alpha value is -2.55. The van der Waals surface area contributed by atoms with Crippen LogP contribution in [0, 0.1) is 0 Å². The molecule has 0 fully saturated rings. The summed E-state index contributed by atoms with van der Waals surface area (Å²) in [6.45, 7) is 0.200. The molecule has 0 bridgehead atoms. The van der Waals surface area contributed by atoms with Crippen molar-refractivity contribution in [3.8, 4) is 0 Å². The Kier molecular flexibility index (Phi) is 4.34. The normalized spacial score (nSPS) is 8.50. The number of aliphatic imine (C=N–C) groups is 1. The van der Waals surface area contributed by atoms with E-state index in [1.807, 2.05) is 0 Å². The van der Waals surface area contributed by atoms with Crippen LogP contribution in [0.1, 0.15) is 15.9 Å². The molecule has 0 radical (unpaired) electrons. The van der Waals surface area contributed by atoms with Gasteiger partial charge in [-0.2, -0.15) is 0 Å². The van der Waals surface area contributed by atoms with E-state index in [0.29, 0.717) is 0 Å². The lowest BCUT2D eigenvalue weighted by Gasteiger charge is -1.98. The maximum Gasteiger partial charge on any atom is 0.366 e. The fraction of sp³-hybridized carbons (Fsp3) is 0.100. The van der Waals surface area contributed by atoms with Crippen LogP contribution in [-0.4, -0.2) is 18.1 Å². The molecule has 6 heteroatoms. The molecule has 0 unspecified atom stereocenters. The van der Waals surface area contributed by atoms with Gasteiger partial charge in [-0.25, -0.2) is 19.4 Å². The van der Waals surface area contributed by atoms with Crippen LogP contribution in [0.3, 0.4) is 0 Å². The summed E-state index contributed by atoms with van der Waals surface area (Å²) in [6.07, 6.45) is 2.49. The lowest BCUT2D eigenvalue weighted by atomic mass is 10.1. The van der Waals surface area contributed by atoms with Crippen molar-refractivity contribution in [1.82, 2.24) is 0 Å². The van der Waals surface area contributed by atoms with Gasteiger partial charge in [-0.3, -0.25) is 0 Å². The minimum atomic E-state index is -0.756. The first-order chi connectivity index (χ1) is 7.77. The highest BCUT2D eigenvalue weighted by molar-refractivity contribution is 5.89. The summed E-state index contributed by atoms with van der Waals surface area (Å²) in [5, 5.41) is 2.70. The van der Waals surface area contributed by atoms with Gasteiger partial charge < -0.3 is 4.84 Å². The second kappa shape index (κ2) is 6.03. The van der Waals surface area contributed by atoms with Gasteiger partial charge in [-0.05, 0) is 17.7 Å². The van der Waals surface area contributed by atoms with Crippen molar-refractivity contribution in [2.75, 3.05) is 0 Å². The third-order valence-electron chi connectivity index (χ3n) is 1.68. The molecular weight excluding hydrogens is 212 g/mol. The molecule has 0 saturated carbocycles. The van der Waals surface area contributed by atoms with Crippen molar-refractivity contribution >= 4 is 18.1 Å². The molecule has 0 amide bonds. The predicted octanol–water partition coefficient (Wildman–Crippen LogP) is 0.930. The highest BCUT2D eigenvalue weighted by atomic mass is 16.7. The van der Waals surface area contributed by atoms with Crippen molar-refractivity contribution in [2.45, 2.75) is 6.54 Å². The van der Waals surface area contributed by atoms with Gasteiger partial charge in [-0.15, -0.1) is 0 Å². The summed E-state index contributed by atoms with van der Waals surface area (Å²) in [7, 11) is 0. The first-order valence-electron chi connectivity index (χ1n) is 4.19. The van der Waals surface area contributed by atoms with Crippen LogP contribution in [-0.2, 0) is 21.0 Å². The van der Waals surface area contributed by atoms with E-state index < -0.39 is 5.97 Å². The Morgan fingerprint density at radius 3 is 2.44 bits per heavy atom. The lowest BCUT2D eigenvalue weighted by molar-refractivity contribution is 0.0516. The largest absolute Gasteiger partial charge is 0.366 e. The van der Waals surface area contributed by atoms with Crippen LogP contribution in [0.4, 0.5) is 0 Å². The number of hydrogen-bond donors (Lipinski definition) is 0. The molecule has 0 aromatic heterocycles. The maximum atomic E-state index is 11.1. The van der Waals surface area contributed by atoms with Crippen LogP contribution >= 0.6 is 0 Å². The molecular formula is C10H6N2O4. The maximum absolute atomic E-state index is 11.1. The third kappa shape index (κ3) is 3.31. The second-order valence-electron chi connectivity index (χ2n) is 2.67. The molecule has 0 spiro atoms. The SMILES string of the molecule is O=C=NCc1ccc(C(=O)ON=C=O)cc1. The average Bonchev–Trinajstić information content (AvgIpc) is 2.34. The van der Waals surface area contributed by atoms with Gasteiger partial charge in [0.1, 0.15) is 0 Å². The van der Waals surface area contributed by atoms with Crippen LogP contribution in [0.25, 0.3) is 0 Å². The first kappa shape index (κ1) is 11.5. The van der Waals surface area contributed by atoms with Crippen LogP contribution < -0.4 is 0 Å². The zero-order valence-corrected chi connectivity index (χ0v) is 8.04. The summed E-state index contributed by atoms with van der Waals surface area (Å²) < 4.78 is 0. The molecule has 1 aromatic rings. The number of carbonyl (C=O) groups is 1. The van der Waals surface area contributed by atoms with Gasteiger partial charge in [0.2, 0.25) is 6.08 Å². The minimum Gasteiger partial charge on any atom is -0.301 e. The Morgan fingerprint density at radius 2 is 1.88 bits per heavy atom. The minimum absolute atomic E-state index is 0.200. The number of hydrogen-bond acceptors (Lipinski definition) is 6. The number of rotatable bonds is 4. The van der Waals surface area contributed by atoms with Gasteiger partial charge in [0.25, 0.3) is 6.08 Å². The van der Waals surface area contributed by atoms with Crippen molar-refractivity contribution < 1.29 is 19.2 Å². The Morgan fingerprint density at radius 1 is 1.19 bits per heavy atom. The third-order valence-corrected chi connectivity index (χ3v) is 1.68. The van der Waals surface area contributed by atoms with Crippen molar-refractivity contribution in [2.24, 2.45) is 10.1 Å². The smallest absolute Gasteiger partial charge is 0.301 e. The summed E-state index contributed by atoms with van der Waals surface area (Å²) in [4.78, 5) is 38.2. The number of nitrogens with zero attached hydrogens (tertiary/aromatic N) is 2. The van der Waals surface area contributed by atoms with E-state index in [-0.39, 0.29) is 12.1 Å². The average molecular weight is 218 g/mol. The molecule has 16 heavy (non-hydrogen) atoms. The summed E-state index contributed by atoms with van der Waals surface area (Å²) in [6, 6.07) is 6.14. The van der Waals surface area contributed by atoms with E-state index in [9.17, 15) is 14.4 Å². The van der Waals surface area contributed by atoms with Gasteiger partial charge in [0.05, 0.1) is 12.1 Å². The summed E-state index contributed by atoms with van der Waals surface area (Å²) in [5.41, 5.74) is 0.983. The molecule has 6 nitrogen and oxygen atoms in total. The van der Waals surface area contributed by atoms with Gasteiger partial charge in [-0.1, -0.05) is 12.1 Å². The molecule has 0 aliphatic carbocycles. The highest BCUT2D eigenvalue weighted by Crippen LogP contribution is 2.06. The first-order valence-corrected chi connectivity index (χ1v) is 4.19. The molecule has 1 rings (SSSR count). The lowest BCUT2D eigenvalue weighted by Crippen LogP contribution is -2.00. The number of benzene rings is 1. The number of carbonyl (C=O) groups excluding carboxylic acids is 3. The Labute approximate surface area is 90.2 Å². The van der Waals surface area contributed by atoms with E-state index in [4.69, 9.17) is 0 Å². The monoisotopic (exact) mass is 218 g/mol. The molecule has 1 aromatic carbocycles. The van der Waals surface area contributed by atoms with Gasteiger partial charge >= 0.3 is 5.97 Å². The van der Waals surface area contributed by atoms with E-state index in [2.05, 4.69) is 15.0 Å². The number of isocyanates is 2. The van der Waals surface area contributed by atoms with Crippen LogP contribution in [0.2, 0.25) is 0 Å².